The highest BCUT2D eigenvalue weighted by molar-refractivity contribution is 5.76. The van der Waals surface area contributed by atoms with Crippen molar-refractivity contribution in [1.29, 1.82) is 0 Å². The number of fused-ring (bicyclic) bond motifs is 1. The van der Waals surface area contributed by atoms with Crippen molar-refractivity contribution in [2.75, 3.05) is 23.7 Å². The van der Waals surface area contributed by atoms with E-state index in [1.807, 2.05) is 0 Å². The van der Waals surface area contributed by atoms with Crippen molar-refractivity contribution in [3.63, 3.8) is 0 Å². The van der Waals surface area contributed by atoms with E-state index in [2.05, 4.69) is 17.6 Å². The molecule has 5 nitrogen and oxygen atoms in total. The van der Waals surface area contributed by atoms with Crippen molar-refractivity contribution >= 4 is 17.1 Å². The lowest BCUT2D eigenvalue weighted by Gasteiger charge is -2.11. The highest BCUT2D eigenvalue weighted by Crippen LogP contribution is 2.36. The maximum absolute atomic E-state index is 11.1. The Hall–Kier alpha value is -1.78. The van der Waals surface area contributed by atoms with Crippen LogP contribution in [0.15, 0.2) is 12.1 Å². The zero-order valence-electron chi connectivity index (χ0n) is 10.7. The molecule has 0 bridgehead atoms. The highest BCUT2D eigenvalue weighted by Gasteiger charge is 2.23. The van der Waals surface area contributed by atoms with Crippen molar-refractivity contribution in [2.24, 2.45) is 0 Å². The molecule has 0 aromatic heterocycles. The van der Waals surface area contributed by atoms with Gasteiger partial charge in [0.1, 0.15) is 5.69 Å². The first-order valence-corrected chi connectivity index (χ1v) is 6.52. The molecule has 0 saturated carbocycles. The van der Waals surface area contributed by atoms with E-state index >= 15 is 0 Å². The van der Waals surface area contributed by atoms with Crippen LogP contribution < -0.4 is 10.6 Å². The first kappa shape index (κ1) is 12.7. The largest absolute Gasteiger partial charge is 0.384 e. The van der Waals surface area contributed by atoms with Gasteiger partial charge in [0.15, 0.2) is 0 Å². The zero-order valence-corrected chi connectivity index (χ0v) is 10.7. The fourth-order valence-corrected chi connectivity index (χ4v) is 2.32. The Bertz CT molecular complexity index is 446. The van der Waals surface area contributed by atoms with E-state index in [9.17, 15) is 10.1 Å². The number of benzene rings is 1. The molecule has 0 aliphatic carbocycles. The lowest BCUT2D eigenvalue weighted by Crippen LogP contribution is -2.06. The van der Waals surface area contributed by atoms with Gasteiger partial charge in [0, 0.05) is 30.4 Å². The molecule has 0 fully saturated rings. The summed E-state index contributed by atoms with van der Waals surface area (Å²) in [5, 5.41) is 17.5. The predicted molar refractivity (Wildman–Crippen MR) is 73.3 cm³/mol. The molecule has 0 amide bonds. The average molecular weight is 249 g/mol. The number of nitro benzene ring substituents is 1. The van der Waals surface area contributed by atoms with Gasteiger partial charge in [-0.2, -0.15) is 0 Å². The van der Waals surface area contributed by atoms with E-state index in [1.54, 1.807) is 12.1 Å². The van der Waals surface area contributed by atoms with Gasteiger partial charge in [0.25, 0.3) is 5.69 Å². The number of hydrogen-bond donors (Lipinski definition) is 2. The van der Waals surface area contributed by atoms with Crippen molar-refractivity contribution in [3.8, 4) is 0 Å². The molecule has 1 aromatic rings. The third kappa shape index (κ3) is 2.55. The monoisotopic (exact) mass is 249 g/mol. The van der Waals surface area contributed by atoms with Gasteiger partial charge in [-0.15, -0.1) is 0 Å². The molecular weight excluding hydrogens is 230 g/mol. The molecule has 0 saturated heterocycles. The minimum absolute atomic E-state index is 0.189. The fourth-order valence-electron chi connectivity index (χ4n) is 2.32. The first-order chi connectivity index (χ1) is 8.74. The minimum Gasteiger partial charge on any atom is -0.384 e. The normalized spacial score (nSPS) is 12.9. The Balaban J connectivity index is 2.19. The van der Waals surface area contributed by atoms with Crippen LogP contribution >= 0.6 is 0 Å². The molecule has 2 N–H and O–H groups in total. The van der Waals surface area contributed by atoms with Crippen LogP contribution in [0.2, 0.25) is 0 Å². The first-order valence-electron chi connectivity index (χ1n) is 6.52. The summed E-state index contributed by atoms with van der Waals surface area (Å²) >= 11 is 0. The van der Waals surface area contributed by atoms with Crippen LogP contribution in [0, 0.1) is 10.1 Å². The molecule has 0 radical (unpaired) electrons. The summed E-state index contributed by atoms with van der Waals surface area (Å²) in [6, 6.07) is 3.39. The molecule has 18 heavy (non-hydrogen) atoms. The SMILES string of the molecule is CCCCCNc1c([N+](=O)[O-])ccc2c1CCN2. The van der Waals surface area contributed by atoms with Crippen LogP contribution in [0.1, 0.15) is 31.7 Å². The Morgan fingerprint density at radius 3 is 3.00 bits per heavy atom. The standard InChI is InChI=1S/C13H19N3O2/c1-2-3-4-8-15-13-10-7-9-14-11(10)5-6-12(13)16(17)18/h5-6,14-15H,2-4,7-9H2,1H3. The summed E-state index contributed by atoms with van der Waals surface area (Å²) in [5.74, 6) is 0. The third-order valence-corrected chi connectivity index (χ3v) is 3.26. The van der Waals surface area contributed by atoms with E-state index in [0.29, 0.717) is 5.69 Å². The summed E-state index contributed by atoms with van der Waals surface area (Å²) in [6.45, 7) is 3.80. The second kappa shape index (κ2) is 5.71. The third-order valence-electron chi connectivity index (χ3n) is 3.26. The highest BCUT2D eigenvalue weighted by atomic mass is 16.6. The summed E-state index contributed by atoms with van der Waals surface area (Å²) < 4.78 is 0. The summed E-state index contributed by atoms with van der Waals surface area (Å²) in [5.41, 5.74) is 2.98. The fraction of sp³-hybridized carbons (Fsp3) is 0.538. The Morgan fingerprint density at radius 2 is 2.28 bits per heavy atom. The number of unbranched alkanes of at least 4 members (excludes halogenated alkanes) is 2. The zero-order chi connectivity index (χ0) is 13.0. The van der Waals surface area contributed by atoms with Crippen LogP contribution in [0.25, 0.3) is 0 Å². The maximum atomic E-state index is 11.1. The molecule has 1 heterocycles. The van der Waals surface area contributed by atoms with Gasteiger partial charge in [0.05, 0.1) is 4.92 Å². The van der Waals surface area contributed by atoms with E-state index in [-0.39, 0.29) is 10.6 Å². The molecule has 0 spiro atoms. The lowest BCUT2D eigenvalue weighted by molar-refractivity contribution is -0.384. The number of nitro groups is 1. The topological polar surface area (TPSA) is 67.2 Å². The van der Waals surface area contributed by atoms with Crippen LogP contribution in [0.5, 0.6) is 0 Å². The van der Waals surface area contributed by atoms with Crippen molar-refractivity contribution < 1.29 is 4.92 Å². The van der Waals surface area contributed by atoms with E-state index in [4.69, 9.17) is 0 Å². The van der Waals surface area contributed by atoms with Crippen molar-refractivity contribution in [3.05, 3.63) is 27.8 Å². The Labute approximate surface area is 107 Å². The van der Waals surface area contributed by atoms with Crippen molar-refractivity contribution in [1.82, 2.24) is 0 Å². The number of rotatable bonds is 6. The van der Waals surface area contributed by atoms with Gasteiger partial charge in [-0.25, -0.2) is 0 Å². The number of hydrogen-bond acceptors (Lipinski definition) is 4. The molecular formula is C13H19N3O2. The summed E-state index contributed by atoms with van der Waals surface area (Å²) in [4.78, 5) is 10.8. The van der Waals surface area contributed by atoms with Gasteiger partial charge in [-0.3, -0.25) is 10.1 Å². The number of anilines is 2. The Morgan fingerprint density at radius 1 is 1.44 bits per heavy atom. The molecule has 98 valence electrons. The summed E-state index contributed by atoms with van der Waals surface area (Å²) in [6.07, 6.45) is 4.20. The van der Waals surface area contributed by atoms with Crippen LogP contribution in [-0.4, -0.2) is 18.0 Å². The maximum Gasteiger partial charge on any atom is 0.292 e. The molecule has 1 aromatic carbocycles. The second-order valence-corrected chi connectivity index (χ2v) is 4.55. The molecule has 0 unspecified atom stereocenters. The lowest BCUT2D eigenvalue weighted by atomic mass is 10.1. The van der Waals surface area contributed by atoms with Gasteiger partial charge in [-0.1, -0.05) is 19.8 Å². The van der Waals surface area contributed by atoms with E-state index < -0.39 is 0 Å². The quantitative estimate of drug-likeness (QED) is 0.461. The smallest absolute Gasteiger partial charge is 0.292 e. The molecule has 1 aliphatic heterocycles. The van der Waals surface area contributed by atoms with E-state index in [0.717, 1.165) is 50.0 Å². The predicted octanol–water partition coefficient (Wildman–Crippen LogP) is 3.16. The van der Waals surface area contributed by atoms with Gasteiger partial charge in [0.2, 0.25) is 0 Å². The minimum atomic E-state index is -0.305. The van der Waals surface area contributed by atoms with Gasteiger partial charge < -0.3 is 10.6 Å². The average Bonchev–Trinajstić information content (AvgIpc) is 2.82. The van der Waals surface area contributed by atoms with Gasteiger partial charge >= 0.3 is 0 Å². The molecule has 0 atom stereocenters. The number of nitrogens with one attached hydrogen (secondary N) is 2. The van der Waals surface area contributed by atoms with Crippen LogP contribution in [0.3, 0.4) is 0 Å². The molecule has 5 heteroatoms. The van der Waals surface area contributed by atoms with Crippen LogP contribution in [0.4, 0.5) is 17.1 Å². The second-order valence-electron chi connectivity index (χ2n) is 4.55. The van der Waals surface area contributed by atoms with Crippen molar-refractivity contribution in [2.45, 2.75) is 32.6 Å². The molecule has 2 rings (SSSR count). The Kier molecular flexibility index (Phi) is 4.02. The molecule has 1 aliphatic rings. The van der Waals surface area contributed by atoms with Gasteiger partial charge in [-0.05, 0) is 18.9 Å². The number of nitrogens with zero attached hydrogens (tertiary/aromatic N) is 1. The summed E-state index contributed by atoms with van der Waals surface area (Å²) in [7, 11) is 0. The van der Waals surface area contributed by atoms with Crippen LogP contribution in [-0.2, 0) is 6.42 Å². The van der Waals surface area contributed by atoms with E-state index in [1.165, 1.54) is 0 Å².